The van der Waals surface area contributed by atoms with Gasteiger partial charge in [-0.1, -0.05) is 42.5 Å². The van der Waals surface area contributed by atoms with Crippen LogP contribution in [0.2, 0.25) is 0 Å². The van der Waals surface area contributed by atoms with Crippen LogP contribution in [0.3, 0.4) is 0 Å². The molecule has 0 unspecified atom stereocenters. The van der Waals surface area contributed by atoms with E-state index in [9.17, 15) is 4.79 Å². The zero-order chi connectivity index (χ0) is 20.0. The lowest BCUT2D eigenvalue weighted by molar-refractivity contribution is 0.0643. The standard InChI is InChI=1S/C22H29N5O/c1-22(2,3)23-20-12-11-19(24-25-20)21(28)27-16-14-26(15-17-27)13-7-10-18-8-5-4-6-9-18/h4-12H,13-17H2,1-3H3,(H,23,25)/b10-7+. The summed E-state index contributed by atoms with van der Waals surface area (Å²) >= 11 is 0. The lowest BCUT2D eigenvalue weighted by atomic mass is 10.1. The number of rotatable bonds is 5. The second kappa shape index (κ2) is 8.97. The van der Waals surface area contributed by atoms with E-state index in [2.05, 4.69) is 65.5 Å². The normalized spacial score (nSPS) is 15.8. The van der Waals surface area contributed by atoms with Crippen LogP contribution in [0.15, 0.2) is 48.5 Å². The number of nitrogens with zero attached hydrogens (tertiary/aromatic N) is 4. The molecule has 2 heterocycles. The summed E-state index contributed by atoms with van der Waals surface area (Å²) in [6, 6.07) is 13.9. The fourth-order valence-electron chi connectivity index (χ4n) is 3.09. The molecule has 0 aliphatic carbocycles. The molecule has 6 nitrogen and oxygen atoms in total. The van der Waals surface area contributed by atoms with Crippen molar-refractivity contribution < 1.29 is 4.79 Å². The Morgan fingerprint density at radius 2 is 1.75 bits per heavy atom. The van der Waals surface area contributed by atoms with Crippen LogP contribution in [0.1, 0.15) is 36.8 Å². The van der Waals surface area contributed by atoms with Crippen LogP contribution in [-0.4, -0.2) is 64.2 Å². The minimum Gasteiger partial charge on any atom is -0.364 e. The predicted molar refractivity (Wildman–Crippen MR) is 113 cm³/mol. The third kappa shape index (κ3) is 5.89. The summed E-state index contributed by atoms with van der Waals surface area (Å²) in [4.78, 5) is 16.9. The van der Waals surface area contributed by atoms with Gasteiger partial charge in [-0.25, -0.2) is 0 Å². The van der Waals surface area contributed by atoms with E-state index in [1.54, 1.807) is 6.07 Å². The fourth-order valence-corrected chi connectivity index (χ4v) is 3.09. The highest BCUT2D eigenvalue weighted by Crippen LogP contribution is 2.12. The Morgan fingerprint density at radius 3 is 2.36 bits per heavy atom. The molecule has 6 heteroatoms. The van der Waals surface area contributed by atoms with Crippen molar-refractivity contribution in [2.45, 2.75) is 26.3 Å². The minimum absolute atomic E-state index is 0.0470. The number of anilines is 1. The van der Waals surface area contributed by atoms with Gasteiger partial charge in [0.1, 0.15) is 5.82 Å². The monoisotopic (exact) mass is 379 g/mol. The average molecular weight is 380 g/mol. The third-order valence-corrected chi connectivity index (χ3v) is 4.52. The number of amides is 1. The van der Waals surface area contributed by atoms with Crippen molar-refractivity contribution in [2.24, 2.45) is 0 Å². The van der Waals surface area contributed by atoms with Gasteiger partial charge in [0.25, 0.3) is 5.91 Å². The van der Waals surface area contributed by atoms with Crippen LogP contribution in [-0.2, 0) is 0 Å². The maximum atomic E-state index is 12.7. The van der Waals surface area contributed by atoms with Crippen LogP contribution in [0.25, 0.3) is 6.08 Å². The van der Waals surface area contributed by atoms with E-state index >= 15 is 0 Å². The molecule has 0 bridgehead atoms. The van der Waals surface area contributed by atoms with Crippen molar-refractivity contribution >= 4 is 17.8 Å². The molecule has 1 aliphatic heterocycles. The van der Waals surface area contributed by atoms with E-state index in [-0.39, 0.29) is 11.4 Å². The molecule has 1 fully saturated rings. The van der Waals surface area contributed by atoms with Crippen LogP contribution in [0, 0.1) is 0 Å². The van der Waals surface area contributed by atoms with Gasteiger partial charge in [-0.05, 0) is 38.5 Å². The second-order valence-corrected chi connectivity index (χ2v) is 8.08. The summed E-state index contributed by atoms with van der Waals surface area (Å²) < 4.78 is 0. The summed E-state index contributed by atoms with van der Waals surface area (Å²) in [6.07, 6.45) is 4.32. The molecule has 2 aromatic rings. The molecular formula is C22H29N5O. The van der Waals surface area contributed by atoms with Gasteiger partial charge in [0.15, 0.2) is 5.69 Å². The molecule has 0 radical (unpaired) electrons. The summed E-state index contributed by atoms with van der Waals surface area (Å²) in [5.74, 6) is 0.633. The summed E-state index contributed by atoms with van der Waals surface area (Å²) in [7, 11) is 0. The number of piperazine rings is 1. The lowest BCUT2D eigenvalue weighted by Gasteiger charge is -2.33. The highest BCUT2D eigenvalue weighted by atomic mass is 16.2. The van der Waals surface area contributed by atoms with E-state index in [0.717, 1.165) is 19.6 Å². The topological polar surface area (TPSA) is 61.4 Å². The van der Waals surface area contributed by atoms with Crippen molar-refractivity contribution in [2.75, 3.05) is 38.0 Å². The summed E-state index contributed by atoms with van der Waals surface area (Å²) in [5, 5.41) is 11.5. The van der Waals surface area contributed by atoms with Crippen LogP contribution in [0.4, 0.5) is 5.82 Å². The SMILES string of the molecule is CC(C)(C)Nc1ccc(C(=O)N2CCN(C/C=C/c3ccccc3)CC2)nn1. The number of carbonyl (C=O) groups excluding carboxylic acids is 1. The van der Waals surface area contributed by atoms with Crippen molar-refractivity contribution in [3.05, 3.63) is 59.8 Å². The first-order valence-corrected chi connectivity index (χ1v) is 9.76. The molecule has 148 valence electrons. The maximum Gasteiger partial charge on any atom is 0.274 e. The number of hydrogen-bond acceptors (Lipinski definition) is 5. The van der Waals surface area contributed by atoms with E-state index < -0.39 is 0 Å². The smallest absolute Gasteiger partial charge is 0.274 e. The first kappa shape index (κ1) is 20.0. The quantitative estimate of drug-likeness (QED) is 0.865. The fraction of sp³-hybridized carbons (Fsp3) is 0.409. The zero-order valence-electron chi connectivity index (χ0n) is 16.9. The molecule has 0 saturated carbocycles. The van der Waals surface area contributed by atoms with Crippen molar-refractivity contribution in [3.8, 4) is 0 Å². The van der Waals surface area contributed by atoms with Gasteiger partial charge in [-0.2, -0.15) is 0 Å². The highest BCUT2D eigenvalue weighted by Gasteiger charge is 2.23. The van der Waals surface area contributed by atoms with Crippen molar-refractivity contribution in [1.82, 2.24) is 20.0 Å². The number of carbonyl (C=O) groups is 1. The van der Waals surface area contributed by atoms with E-state index in [1.165, 1.54) is 5.56 Å². The van der Waals surface area contributed by atoms with Crippen LogP contribution in [0.5, 0.6) is 0 Å². The highest BCUT2D eigenvalue weighted by molar-refractivity contribution is 5.92. The van der Waals surface area contributed by atoms with E-state index in [0.29, 0.717) is 24.6 Å². The molecule has 1 aromatic heterocycles. The van der Waals surface area contributed by atoms with Gasteiger partial charge in [0, 0.05) is 38.3 Å². The molecule has 1 aliphatic rings. The van der Waals surface area contributed by atoms with Crippen LogP contribution >= 0.6 is 0 Å². The molecule has 1 saturated heterocycles. The maximum absolute atomic E-state index is 12.7. The zero-order valence-corrected chi connectivity index (χ0v) is 16.9. The Kier molecular flexibility index (Phi) is 6.41. The van der Waals surface area contributed by atoms with Gasteiger partial charge in [-0.3, -0.25) is 9.69 Å². The Balaban J connectivity index is 1.47. The first-order valence-electron chi connectivity index (χ1n) is 9.76. The molecule has 1 aromatic carbocycles. The molecule has 0 atom stereocenters. The van der Waals surface area contributed by atoms with Gasteiger partial charge >= 0.3 is 0 Å². The molecule has 1 N–H and O–H groups in total. The number of benzene rings is 1. The summed E-state index contributed by atoms with van der Waals surface area (Å²) in [5.41, 5.74) is 1.52. The number of aromatic nitrogens is 2. The van der Waals surface area contributed by atoms with Gasteiger partial charge < -0.3 is 10.2 Å². The molecule has 3 rings (SSSR count). The van der Waals surface area contributed by atoms with Gasteiger partial charge in [-0.15, -0.1) is 10.2 Å². The molecule has 0 spiro atoms. The van der Waals surface area contributed by atoms with Crippen molar-refractivity contribution in [3.63, 3.8) is 0 Å². The first-order chi connectivity index (χ1) is 13.4. The summed E-state index contributed by atoms with van der Waals surface area (Å²) in [6.45, 7) is 10.2. The lowest BCUT2D eigenvalue weighted by Crippen LogP contribution is -2.48. The number of nitrogens with one attached hydrogen (secondary N) is 1. The number of hydrogen-bond donors (Lipinski definition) is 1. The Hall–Kier alpha value is -2.73. The molecule has 1 amide bonds. The minimum atomic E-state index is -0.0918. The molecular weight excluding hydrogens is 350 g/mol. The Labute approximate surface area is 167 Å². The van der Waals surface area contributed by atoms with Crippen LogP contribution < -0.4 is 5.32 Å². The van der Waals surface area contributed by atoms with Gasteiger partial charge in [0.2, 0.25) is 0 Å². The second-order valence-electron chi connectivity index (χ2n) is 8.08. The Bertz CT molecular complexity index is 788. The Morgan fingerprint density at radius 1 is 1.04 bits per heavy atom. The van der Waals surface area contributed by atoms with Gasteiger partial charge in [0.05, 0.1) is 0 Å². The van der Waals surface area contributed by atoms with Crippen molar-refractivity contribution in [1.29, 1.82) is 0 Å². The third-order valence-electron chi connectivity index (χ3n) is 4.52. The predicted octanol–water partition coefficient (Wildman–Crippen LogP) is 3.16. The van der Waals surface area contributed by atoms with E-state index in [4.69, 9.17) is 0 Å². The average Bonchev–Trinajstić information content (AvgIpc) is 2.68. The van der Waals surface area contributed by atoms with E-state index in [1.807, 2.05) is 29.2 Å². The molecule has 28 heavy (non-hydrogen) atoms. The largest absolute Gasteiger partial charge is 0.364 e.